The molecule has 0 bridgehead atoms. The number of hydrogen-bond acceptors (Lipinski definition) is 4. The van der Waals surface area contributed by atoms with Crippen molar-refractivity contribution < 1.29 is 19.1 Å². The third-order valence-corrected chi connectivity index (χ3v) is 5.44. The SMILES string of the molecule is COC(=O)c1c(C)[nH]c(C(c2ccccc2)c2[nH]c(C)c(C(=O)OC)c2C)c1C. The molecule has 0 amide bonds. The lowest BCUT2D eigenvalue weighted by molar-refractivity contribution is 0.0590. The van der Waals surface area contributed by atoms with E-state index in [1.54, 1.807) is 0 Å². The number of rotatable bonds is 5. The molecule has 0 aliphatic rings. The summed E-state index contributed by atoms with van der Waals surface area (Å²) in [5.41, 5.74) is 7.04. The molecule has 1 aromatic carbocycles. The largest absolute Gasteiger partial charge is 0.465 e. The van der Waals surface area contributed by atoms with Gasteiger partial charge < -0.3 is 19.4 Å². The van der Waals surface area contributed by atoms with Crippen molar-refractivity contribution in [2.24, 2.45) is 0 Å². The van der Waals surface area contributed by atoms with Gasteiger partial charge in [-0.15, -0.1) is 0 Å². The highest BCUT2D eigenvalue weighted by molar-refractivity contribution is 5.94. The minimum atomic E-state index is -0.371. The van der Waals surface area contributed by atoms with Crippen molar-refractivity contribution in [3.8, 4) is 0 Å². The summed E-state index contributed by atoms with van der Waals surface area (Å²) in [5, 5.41) is 0. The summed E-state index contributed by atoms with van der Waals surface area (Å²) >= 11 is 0. The first-order valence-electron chi connectivity index (χ1n) is 9.41. The summed E-state index contributed by atoms with van der Waals surface area (Å²) in [6.07, 6.45) is 0. The van der Waals surface area contributed by atoms with Crippen molar-refractivity contribution >= 4 is 11.9 Å². The normalized spacial score (nSPS) is 11.0. The summed E-state index contributed by atoms with van der Waals surface area (Å²) in [4.78, 5) is 31.4. The Kier molecular flexibility index (Phi) is 5.64. The summed E-state index contributed by atoms with van der Waals surface area (Å²) in [6.45, 7) is 7.54. The number of nitrogens with one attached hydrogen (secondary N) is 2. The second kappa shape index (κ2) is 7.99. The summed E-state index contributed by atoms with van der Waals surface area (Å²) in [6, 6.07) is 9.97. The maximum atomic E-state index is 12.3. The summed E-state index contributed by atoms with van der Waals surface area (Å²) < 4.78 is 9.93. The van der Waals surface area contributed by atoms with Gasteiger partial charge in [0.1, 0.15) is 0 Å². The van der Waals surface area contributed by atoms with Crippen molar-refractivity contribution in [1.29, 1.82) is 0 Å². The number of benzene rings is 1. The number of H-pyrrole nitrogens is 2. The van der Waals surface area contributed by atoms with Crippen molar-refractivity contribution in [1.82, 2.24) is 9.97 Å². The second-order valence-electron chi connectivity index (χ2n) is 7.15. The van der Waals surface area contributed by atoms with Crippen LogP contribution in [0.4, 0.5) is 0 Å². The molecule has 0 aliphatic heterocycles. The third-order valence-electron chi connectivity index (χ3n) is 5.44. The van der Waals surface area contributed by atoms with Gasteiger partial charge in [-0.2, -0.15) is 0 Å². The lowest BCUT2D eigenvalue weighted by Crippen LogP contribution is -2.09. The number of esters is 2. The molecule has 3 rings (SSSR count). The number of aromatic amines is 2. The zero-order valence-corrected chi connectivity index (χ0v) is 17.6. The van der Waals surface area contributed by atoms with E-state index >= 15 is 0 Å². The van der Waals surface area contributed by atoms with Gasteiger partial charge in [0.2, 0.25) is 0 Å². The van der Waals surface area contributed by atoms with Crippen molar-refractivity contribution in [3.63, 3.8) is 0 Å². The third kappa shape index (κ3) is 3.46. The van der Waals surface area contributed by atoms with Crippen LogP contribution in [0.5, 0.6) is 0 Å². The van der Waals surface area contributed by atoms with E-state index in [1.807, 2.05) is 58.0 Å². The number of aryl methyl sites for hydroxylation is 2. The van der Waals surface area contributed by atoms with Crippen LogP contribution in [0, 0.1) is 27.7 Å². The highest BCUT2D eigenvalue weighted by Crippen LogP contribution is 2.38. The molecule has 0 spiro atoms. The Bertz CT molecular complexity index is 994. The standard InChI is InChI=1S/C23H26N2O4/c1-12-17(22(26)28-5)14(3)24-20(12)19(16-10-8-7-9-11-16)21-13(2)18(15(4)25-21)23(27)29-6/h7-11,19,24-25H,1-6H3. The van der Waals surface area contributed by atoms with E-state index in [1.165, 1.54) is 14.2 Å². The van der Waals surface area contributed by atoms with Gasteiger partial charge in [0.05, 0.1) is 31.3 Å². The van der Waals surface area contributed by atoms with Crippen LogP contribution < -0.4 is 0 Å². The Morgan fingerprint density at radius 3 is 1.55 bits per heavy atom. The second-order valence-corrected chi connectivity index (χ2v) is 7.15. The molecule has 0 unspecified atom stereocenters. The van der Waals surface area contributed by atoms with E-state index in [9.17, 15) is 9.59 Å². The van der Waals surface area contributed by atoms with E-state index < -0.39 is 0 Å². The first-order valence-corrected chi connectivity index (χ1v) is 9.41. The summed E-state index contributed by atoms with van der Waals surface area (Å²) in [7, 11) is 2.76. The van der Waals surface area contributed by atoms with Gasteiger partial charge >= 0.3 is 11.9 Å². The number of aromatic nitrogens is 2. The Balaban J connectivity index is 2.28. The van der Waals surface area contributed by atoms with Gasteiger partial charge in [0.25, 0.3) is 0 Å². The maximum Gasteiger partial charge on any atom is 0.339 e. The quantitative estimate of drug-likeness (QED) is 0.631. The Morgan fingerprint density at radius 1 is 0.759 bits per heavy atom. The molecule has 0 fully saturated rings. The predicted octanol–water partition coefficient (Wildman–Crippen LogP) is 4.33. The summed E-state index contributed by atoms with van der Waals surface area (Å²) in [5.74, 6) is -0.960. The van der Waals surface area contributed by atoms with Gasteiger partial charge in [-0.05, 0) is 44.4 Å². The van der Waals surface area contributed by atoms with Crippen LogP contribution in [0.15, 0.2) is 30.3 Å². The molecule has 3 aromatic rings. The van der Waals surface area contributed by atoms with E-state index in [4.69, 9.17) is 9.47 Å². The number of carbonyl (C=O) groups excluding carboxylic acids is 2. The van der Waals surface area contributed by atoms with Crippen LogP contribution >= 0.6 is 0 Å². The van der Waals surface area contributed by atoms with Crippen LogP contribution in [0.3, 0.4) is 0 Å². The van der Waals surface area contributed by atoms with E-state index in [-0.39, 0.29) is 17.9 Å². The van der Waals surface area contributed by atoms with Crippen LogP contribution in [-0.2, 0) is 9.47 Å². The fraction of sp³-hybridized carbons (Fsp3) is 0.304. The first-order chi connectivity index (χ1) is 13.8. The van der Waals surface area contributed by atoms with Crippen LogP contribution in [0.25, 0.3) is 0 Å². The molecule has 0 saturated carbocycles. The molecule has 152 valence electrons. The fourth-order valence-corrected chi connectivity index (χ4v) is 4.07. The lowest BCUT2D eigenvalue weighted by atomic mass is 9.88. The number of hydrogen-bond donors (Lipinski definition) is 2. The molecular formula is C23H26N2O4. The molecule has 6 nitrogen and oxygen atoms in total. The minimum Gasteiger partial charge on any atom is -0.465 e. The Labute approximate surface area is 170 Å². The van der Waals surface area contributed by atoms with Gasteiger partial charge in [0.15, 0.2) is 0 Å². The average molecular weight is 394 g/mol. The molecule has 2 heterocycles. The maximum absolute atomic E-state index is 12.3. The molecular weight excluding hydrogens is 368 g/mol. The first kappa shape index (κ1) is 20.5. The highest BCUT2D eigenvalue weighted by atomic mass is 16.5. The number of carbonyl (C=O) groups is 2. The lowest BCUT2D eigenvalue weighted by Gasteiger charge is -2.18. The highest BCUT2D eigenvalue weighted by Gasteiger charge is 2.30. The number of ether oxygens (including phenoxy) is 2. The van der Waals surface area contributed by atoms with E-state index in [0.29, 0.717) is 11.1 Å². The van der Waals surface area contributed by atoms with Gasteiger partial charge in [-0.1, -0.05) is 30.3 Å². The molecule has 2 aromatic heterocycles. The molecule has 2 N–H and O–H groups in total. The smallest absolute Gasteiger partial charge is 0.339 e. The van der Waals surface area contributed by atoms with Crippen molar-refractivity contribution in [3.05, 3.63) is 80.9 Å². The topological polar surface area (TPSA) is 84.2 Å². The molecule has 29 heavy (non-hydrogen) atoms. The van der Waals surface area contributed by atoms with Gasteiger partial charge in [0, 0.05) is 22.8 Å². The van der Waals surface area contributed by atoms with E-state index in [2.05, 4.69) is 9.97 Å². The molecule has 0 saturated heterocycles. The Morgan fingerprint density at radius 2 is 1.17 bits per heavy atom. The molecule has 0 atom stereocenters. The minimum absolute atomic E-state index is 0.217. The van der Waals surface area contributed by atoms with Gasteiger partial charge in [-0.25, -0.2) is 9.59 Å². The van der Waals surface area contributed by atoms with Gasteiger partial charge in [-0.3, -0.25) is 0 Å². The molecule has 6 heteroatoms. The van der Waals surface area contributed by atoms with Crippen LogP contribution in [0.1, 0.15) is 66.1 Å². The van der Waals surface area contributed by atoms with Crippen molar-refractivity contribution in [2.45, 2.75) is 33.6 Å². The van der Waals surface area contributed by atoms with Crippen molar-refractivity contribution in [2.75, 3.05) is 14.2 Å². The average Bonchev–Trinajstić information content (AvgIpc) is 3.17. The van der Waals surface area contributed by atoms with E-state index in [0.717, 1.165) is 39.5 Å². The van der Waals surface area contributed by atoms with Crippen LogP contribution in [-0.4, -0.2) is 36.1 Å². The fourth-order valence-electron chi connectivity index (χ4n) is 4.07. The Hall–Kier alpha value is -3.28. The molecule has 0 aliphatic carbocycles. The number of methoxy groups -OCH3 is 2. The monoisotopic (exact) mass is 394 g/mol. The predicted molar refractivity (Wildman–Crippen MR) is 111 cm³/mol. The zero-order valence-electron chi connectivity index (χ0n) is 17.6. The zero-order chi connectivity index (χ0) is 21.3. The van der Waals surface area contributed by atoms with Crippen LogP contribution in [0.2, 0.25) is 0 Å². The molecule has 0 radical (unpaired) electrons.